The molecule has 6 atom stereocenters. The molecular formula is C23H43FN10O3S. The van der Waals surface area contributed by atoms with Crippen molar-refractivity contribution in [3.63, 3.8) is 0 Å². The minimum atomic E-state index is -3.49. The summed E-state index contributed by atoms with van der Waals surface area (Å²) in [4.78, 5) is 18.1. The first kappa shape index (κ1) is 27.2. The Balaban J connectivity index is 1.07. The monoisotopic (exact) mass is 558 g/mol. The second-order valence-electron chi connectivity index (χ2n) is 11.6. The second kappa shape index (κ2) is 11.1. The topological polar surface area (TPSA) is 142 Å². The van der Waals surface area contributed by atoms with Gasteiger partial charge in [-0.15, -0.1) is 0 Å². The number of halogens is 1. The maximum atomic E-state index is 13.8. The molecule has 0 aromatic rings. The van der Waals surface area contributed by atoms with Gasteiger partial charge in [-0.25, -0.2) is 14.8 Å². The van der Waals surface area contributed by atoms with Gasteiger partial charge in [-0.3, -0.25) is 15.0 Å². The van der Waals surface area contributed by atoms with Crippen LogP contribution in [0.1, 0.15) is 19.3 Å². The van der Waals surface area contributed by atoms with Gasteiger partial charge in [0.2, 0.25) is 5.91 Å². The molecule has 7 saturated heterocycles. The lowest BCUT2D eigenvalue weighted by Gasteiger charge is -2.45. The third-order valence-electron chi connectivity index (χ3n) is 9.36. The SMILES string of the molecule is NC1NN2CC(F)CNC2C1C(=O)NC1CNCCC1N1CCN(S(=O)(=O)N2CCN3CCC2CC3)CC1. The Morgan fingerprint density at radius 3 is 2.50 bits per heavy atom. The number of rotatable bonds is 5. The summed E-state index contributed by atoms with van der Waals surface area (Å²) in [5.74, 6) is -0.679. The van der Waals surface area contributed by atoms with Crippen molar-refractivity contribution in [3.05, 3.63) is 0 Å². The number of carbonyl (C=O) groups is 1. The van der Waals surface area contributed by atoms with Crippen LogP contribution in [0.15, 0.2) is 0 Å². The van der Waals surface area contributed by atoms with Crippen LogP contribution in [-0.4, -0.2) is 153 Å². The van der Waals surface area contributed by atoms with E-state index in [-0.39, 0.29) is 43.3 Å². The van der Waals surface area contributed by atoms with Gasteiger partial charge >= 0.3 is 0 Å². The number of piperidine rings is 2. The zero-order valence-corrected chi connectivity index (χ0v) is 22.8. The summed E-state index contributed by atoms with van der Waals surface area (Å²) in [7, 11) is -3.49. The fourth-order valence-corrected chi connectivity index (χ4v) is 9.08. The molecule has 7 fully saturated rings. The van der Waals surface area contributed by atoms with Crippen LogP contribution in [0.3, 0.4) is 0 Å². The minimum Gasteiger partial charge on any atom is -0.350 e. The van der Waals surface area contributed by atoms with Crippen molar-refractivity contribution in [2.45, 2.75) is 55.9 Å². The first-order chi connectivity index (χ1) is 18.3. The number of nitrogens with two attached hydrogens (primary N) is 1. The van der Waals surface area contributed by atoms with E-state index in [4.69, 9.17) is 5.73 Å². The summed E-state index contributed by atoms with van der Waals surface area (Å²) in [5.41, 5.74) is 9.29. The summed E-state index contributed by atoms with van der Waals surface area (Å²) in [6.45, 7) is 7.46. The molecule has 38 heavy (non-hydrogen) atoms. The van der Waals surface area contributed by atoms with Crippen LogP contribution < -0.4 is 27.1 Å². The van der Waals surface area contributed by atoms with Crippen LogP contribution in [0.2, 0.25) is 0 Å². The van der Waals surface area contributed by atoms with Crippen molar-refractivity contribution < 1.29 is 17.6 Å². The first-order valence-electron chi connectivity index (χ1n) is 14.2. The lowest BCUT2D eigenvalue weighted by Crippen LogP contribution is -2.65. The van der Waals surface area contributed by atoms with E-state index in [0.717, 1.165) is 45.4 Å². The smallest absolute Gasteiger partial charge is 0.282 e. The van der Waals surface area contributed by atoms with Gasteiger partial charge in [-0.2, -0.15) is 17.0 Å². The zero-order chi connectivity index (χ0) is 26.4. The van der Waals surface area contributed by atoms with Crippen LogP contribution in [0, 0.1) is 5.92 Å². The van der Waals surface area contributed by atoms with Gasteiger partial charge in [-0.1, -0.05) is 0 Å². The number of hydrogen-bond acceptors (Lipinski definition) is 10. The molecule has 0 spiro atoms. The summed E-state index contributed by atoms with van der Waals surface area (Å²) in [6.07, 6.45) is 0.763. The van der Waals surface area contributed by atoms with E-state index in [2.05, 4.69) is 31.2 Å². The Morgan fingerprint density at radius 1 is 0.974 bits per heavy atom. The molecular weight excluding hydrogens is 515 g/mol. The highest BCUT2D eigenvalue weighted by molar-refractivity contribution is 7.86. The van der Waals surface area contributed by atoms with E-state index >= 15 is 0 Å². The largest absolute Gasteiger partial charge is 0.350 e. The number of hydrogen-bond donors (Lipinski definition) is 5. The average molecular weight is 559 g/mol. The number of nitrogens with zero attached hydrogens (tertiary/aromatic N) is 5. The van der Waals surface area contributed by atoms with Crippen molar-refractivity contribution in [2.75, 3.05) is 78.5 Å². The number of piperazine rings is 1. The third kappa shape index (κ3) is 5.22. The molecule has 15 heteroatoms. The Morgan fingerprint density at radius 2 is 1.74 bits per heavy atom. The fraction of sp³-hybridized carbons (Fsp3) is 0.957. The predicted octanol–water partition coefficient (Wildman–Crippen LogP) is -3.54. The van der Waals surface area contributed by atoms with Crippen molar-refractivity contribution in [1.29, 1.82) is 0 Å². The molecule has 7 heterocycles. The van der Waals surface area contributed by atoms with Gasteiger partial charge in [0.1, 0.15) is 6.17 Å². The van der Waals surface area contributed by atoms with Gasteiger partial charge in [-0.05, 0) is 38.9 Å². The van der Waals surface area contributed by atoms with E-state index < -0.39 is 28.5 Å². The first-order valence-corrected chi connectivity index (χ1v) is 15.6. The highest BCUT2D eigenvalue weighted by Crippen LogP contribution is 2.27. The molecule has 6 N–H and O–H groups in total. The lowest BCUT2D eigenvalue weighted by atomic mass is 9.96. The van der Waals surface area contributed by atoms with Gasteiger partial charge in [0, 0.05) is 71.0 Å². The molecule has 2 bridgehead atoms. The second-order valence-corrected chi connectivity index (χ2v) is 13.5. The van der Waals surface area contributed by atoms with Crippen LogP contribution in [0.5, 0.6) is 0 Å². The number of hydrazine groups is 1. The van der Waals surface area contributed by atoms with E-state index in [1.807, 2.05) is 0 Å². The van der Waals surface area contributed by atoms with E-state index in [1.54, 1.807) is 13.6 Å². The number of amides is 1. The zero-order valence-electron chi connectivity index (χ0n) is 22.0. The summed E-state index contributed by atoms with van der Waals surface area (Å²) in [5, 5.41) is 11.4. The lowest BCUT2D eigenvalue weighted by molar-refractivity contribution is -0.128. The van der Waals surface area contributed by atoms with Crippen LogP contribution in [0.4, 0.5) is 4.39 Å². The molecule has 0 aromatic carbocycles. The minimum absolute atomic E-state index is 0.114. The summed E-state index contributed by atoms with van der Waals surface area (Å²) >= 11 is 0. The van der Waals surface area contributed by atoms with Gasteiger partial charge in [0.25, 0.3) is 10.2 Å². The molecule has 7 aliphatic heterocycles. The third-order valence-corrected chi connectivity index (χ3v) is 11.5. The predicted molar refractivity (Wildman–Crippen MR) is 139 cm³/mol. The van der Waals surface area contributed by atoms with Gasteiger partial charge in [0.15, 0.2) is 0 Å². The maximum Gasteiger partial charge on any atom is 0.282 e. The van der Waals surface area contributed by atoms with Crippen molar-refractivity contribution >= 4 is 16.1 Å². The van der Waals surface area contributed by atoms with E-state index in [9.17, 15) is 17.6 Å². The highest BCUT2D eigenvalue weighted by atomic mass is 32.2. The Kier molecular flexibility index (Phi) is 7.94. The van der Waals surface area contributed by atoms with E-state index in [0.29, 0.717) is 39.3 Å². The van der Waals surface area contributed by atoms with E-state index in [1.165, 1.54) is 0 Å². The number of carbonyl (C=O) groups excluding carboxylic acids is 1. The molecule has 0 radical (unpaired) electrons. The quantitative estimate of drug-likeness (QED) is 0.230. The van der Waals surface area contributed by atoms with Crippen molar-refractivity contribution in [2.24, 2.45) is 11.7 Å². The molecule has 1 amide bonds. The standard InChI is InChI=1S/C23H43FN10O3S/c24-16-13-27-22-20(21(25)29-33(22)15-16)23(35)28-18-14-26-4-1-19(18)31-8-10-32(11-9-31)38(36,37)34-12-7-30-5-2-17(34)3-6-30/h16-22,26-27,29H,1-15,25H2,(H,28,35). The van der Waals surface area contributed by atoms with Crippen molar-refractivity contribution in [1.82, 2.24) is 44.8 Å². The average Bonchev–Trinajstić information content (AvgIpc) is 3.05. The Labute approximate surface area is 224 Å². The molecule has 0 saturated carbocycles. The number of nitrogens with one attached hydrogen (secondary N) is 4. The van der Waals surface area contributed by atoms with Crippen LogP contribution >= 0.6 is 0 Å². The Bertz CT molecular complexity index is 961. The molecule has 6 unspecified atom stereocenters. The fourth-order valence-electron chi connectivity index (χ4n) is 7.26. The normalized spacial score (nSPS) is 42.1. The van der Waals surface area contributed by atoms with Crippen molar-refractivity contribution in [3.8, 4) is 0 Å². The van der Waals surface area contributed by atoms with Gasteiger partial charge in [0.05, 0.1) is 24.3 Å². The van der Waals surface area contributed by atoms with Crippen LogP contribution in [-0.2, 0) is 15.0 Å². The molecule has 0 aromatic heterocycles. The molecule has 216 valence electrons. The van der Waals surface area contributed by atoms with Crippen LogP contribution in [0.25, 0.3) is 0 Å². The summed E-state index contributed by atoms with van der Waals surface area (Å²) < 4.78 is 44.4. The molecule has 7 rings (SSSR count). The molecule has 13 nitrogen and oxygen atoms in total. The van der Waals surface area contributed by atoms with Gasteiger partial charge < -0.3 is 21.3 Å². The number of alkyl halides is 1. The molecule has 7 aliphatic rings. The Hall–Kier alpha value is -1.01. The summed E-state index contributed by atoms with van der Waals surface area (Å²) in [6, 6.07) is 0.110. The highest BCUT2D eigenvalue weighted by Gasteiger charge is 2.48. The number of fused-ring (bicyclic) bond motifs is 5. The maximum absolute atomic E-state index is 13.8. The molecule has 0 aliphatic carbocycles.